The van der Waals surface area contributed by atoms with Crippen LogP contribution in [-0.2, 0) is 20.8 Å². The molecule has 4 rings (SSSR count). The van der Waals surface area contributed by atoms with Gasteiger partial charge in [0, 0.05) is 55.5 Å². The summed E-state index contributed by atoms with van der Waals surface area (Å²) < 4.78 is 35.9. The Balaban J connectivity index is 1.88. The Morgan fingerprint density at radius 2 is 1.76 bits per heavy atom. The van der Waals surface area contributed by atoms with Gasteiger partial charge in [-0.2, -0.15) is 0 Å². The molecule has 1 aromatic heterocycles. The number of nitrogens with zero attached hydrogens (tertiary/aromatic N) is 3. The molecular formula is C26H28N4O5S2. The molecule has 0 saturated carbocycles. The molecule has 37 heavy (non-hydrogen) atoms. The number of carbonyl (C=O) groups excluding carboxylic acids is 1. The minimum absolute atomic E-state index is 0.210. The van der Waals surface area contributed by atoms with Gasteiger partial charge < -0.3 is 19.7 Å². The summed E-state index contributed by atoms with van der Waals surface area (Å²) in [5.74, 6) is 0.208. The Hall–Kier alpha value is -3.51. The maximum absolute atomic E-state index is 12.9. The Labute approximate surface area is 222 Å². The third-order valence-electron chi connectivity index (χ3n) is 5.54. The van der Waals surface area contributed by atoms with Crippen LogP contribution < -0.4 is 19.3 Å². The van der Waals surface area contributed by atoms with Crippen molar-refractivity contribution in [3.05, 3.63) is 60.0 Å². The zero-order valence-corrected chi connectivity index (χ0v) is 22.6. The van der Waals surface area contributed by atoms with Gasteiger partial charge >= 0.3 is 0 Å². The quantitative estimate of drug-likeness (QED) is 0.208. The van der Waals surface area contributed by atoms with Crippen molar-refractivity contribution in [2.75, 3.05) is 48.9 Å². The second kappa shape index (κ2) is 11.7. The summed E-state index contributed by atoms with van der Waals surface area (Å²) in [6, 6.07) is 16.8. The first kappa shape index (κ1) is 26.6. The van der Waals surface area contributed by atoms with E-state index >= 15 is 0 Å². The number of ether oxygens (including phenoxy) is 2. The lowest BCUT2D eigenvalue weighted by atomic mass is 10.1. The molecule has 1 unspecified atom stereocenters. The van der Waals surface area contributed by atoms with Gasteiger partial charge in [-0.3, -0.25) is 9.35 Å². The summed E-state index contributed by atoms with van der Waals surface area (Å²) >= 11 is -1.13. The number of carbonyl (C=O) groups is 1. The van der Waals surface area contributed by atoms with E-state index < -0.39 is 11.3 Å². The number of fused-ring (bicyclic) bond motifs is 1. The van der Waals surface area contributed by atoms with Gasteiger partial charge in [-0.05, 0) is 30.3 Å². The number of methoxy groups -OCH3 is 1. The summed E-state index contributed by atoms with van der Waals surface area (Å²) in [6.07, 6.45) is 0. The van der Waals surface area contributed by atoms with Crippen LogP contribution in [0.1, 0.15) is 6.92 Å². The van der Waals surface area contributed by atoms with E-state index in [-0.39, 0.29) is 12.5 Å². The number of thiazole rings is 1. The molecule has 1 heterocycles. The molecule has 0 fully saturated rings. The van der Waals surface area contributed by atoms with Gasteiger partial charge in [0.1, 0.15) is 12.4 Å². The molecule has 2 N–H and O–H groups in total. The fourth-order valence-electron chi connectivity index (χ4n) is 3.95. The number of rotatable bonds is 10. The van der Waals surface area contributed by atoms with Gasteiger partial charge in [-0.1, -0.05) is 24.3 Å². The normalized spacial score (nSPS) is 11.8. The van der Waals surface area contributed by atoms with Gasteiger partial charge in [0.2, 0.25) is 5.91 Å². The van der Waals surface area contributed by atoms with Crippen LogP contribution in [0.2, 0.25) is 0 Å². The van der Waals surface area contributed by atoms with E-state index in [4.69, 9.17) is 9.47 Å². The number of benzene rings is 3. The van der Waals surface area contributed by atoms with E-state index in [0.717, 1.165) is 16.5 Å². The smallest absolute Gasteiger partial charge is 0.266 e. The molecule has 3 aromatic carbocycles. The second-order valence-corrected chi connectivity index (χ2v) is 10.00. The van der Waals surface area contributed by atoms with Crippen molar-refractivity contribution < 1.29 is 23.0 Å². The van der Waals surface area contributed by atoms with Gasteiger partial charge in [-0.15, -0.1) is 11.3 Å². The zero-order chi connectivity index (χ0) is 26.5. The van der Waals surface area contributed by atoms with E-state index in [1.54, 1.807) is 25.3 Å². The van der Waals surface area contributed by atoms with E-state index in [0.29, 0.717) is 40.1 Å². The second-order valence-electron chi connectivity index (χ2n) is 8.31. The molecular weight excluding hydrogens is 512 g/mol. The molecule has 0 spiro atoms. The summed E-state index contributed by atoms with van der Waals surface area (Å²) in [4.78, 5) is 17.9. The maximum atomic E-state index is 12.9. The van der Waals surface area contributed by atoms with Crippen molar-refractivity contribution in [2.45, 2.75) is 6.92 Å². The highest BCUT2D eigenvalue weighted by Gasteiger charge is 2.23. The van der Waals surface area contributed by atoms with Crippen LogP contribution in [0.3, 0.4) is 0 Å². The number of aromatic nitrogens is 1. The summed E-state index contributed by atoms with van der Waals surface area (Å²) in [7, 11) is 5.49. The van der Waals surface area contributed by atoms with Gasteiger partial charge in [-0.25, -0.2) is 13.5 Å². The van der Waals surface area contributed by atoms with Gasteiger partial charge in [0.05, 0.1) is 23.7 Å². The van der Waals surface area contributed by atoms with Crippen molar-refractivity contribution in [2.24, 2.45) is 0 Å². The Kier molecular flexibility index (Phi) is 8.39. The first-order valence-electron chi connectivity index (χ1n) is 11.4. The van der Waals surface area contributed by atoms with Crippen LogP contribution in [0.15, 0.2) is 60.0 Å². The van der Waals surface area contributed by atoms with Crippen LogP contribution in [0.25, 0.3) is 22.0 Å². The lowest BCUT2D eigenvalue weighted by molar-refractivity contribution is -0.114. The third-order valence-corrected chi connectivity index (χ3v) is 7.00. The van der Waals surface area contributed by atoms with E-state index in [1.807, 2.05) is 60.8 Å². The standard InChI is InChI=1S/C26H28N4O5S2/c1-17(31)27-26-28-21(16-36-26)18-11-12-25(35-14-13-34-4)24(15-18)30(37(32)33)23-10-6-7-19-20(23)8-5-9-22(19)29(2)3/h5-12,15-16H,13-14H2,1-4H3,(H,32,33)(H,27,28,31). The molecule has 0 aliphatic heterocycles. The summed E-state index contributed by atoms with van der Waals surface area (Å²) in [5.41, 5.74) is 3.25. The van der Waals surface area contributed by atoms with E-state index in [9.17, 15) is 13.6 Å². The molecule has 4 aromatic rings. The third kappa shape index (κ3) is 5.91. The van der Waals surface area contributed by atoms with Crippen LogP contribution in [0.5, 0.6) is 5.75 Å². The predicted octanol–water partition coefficient (Wildman–Crippen LogP) is 5.29. The van der Waals surface area contributed by atoms with E-state index in [2.05, 4.69) is 10.3 Å². The molecule has 1 amide bonds. The molecule has 0 aliphatic rings. The lowest BCUT2D eigenvalue weighted by Gasteiger charge is -2.25. The molecule has 11 heteroatoms. The SMILES string of the molecule is COCCOc1ccc(-c2csc(NC(C)=O)n2)cc1N(c1cccc2c(N(C)C)cccc12)S(=O)O. The maximum Gasteiger partial charge on any atom is 0.266 e. The fourth-order valence-corrected chi connectivity index (χ4v) is 5.35. The molecule has 9 nitrogen and oxygen atoms in total. The number of hydrogen-bond donors (Lipinski definition) is 2. The topological polar surface area (TPSA) is 104 Å². The van der Waals surface area contributed by atoms with Crippen LogP contribution in [0, 0.1) is 0 Å². The highest BCUT2D eigenvalue weighted by Crippen LogP contribution is 2.42. The lowest BCUT2D eigenvalue weighted by Crippen LogP contribution is -2.21. The Morgan fingerprint density at radius 1 is 1.05 bits per heavy atom. The average molecular weight is 541 g/mol. The van der Waals surface area contributed by atoms with Gasteiger partial charge in [0.25, 0.3) is 11.3 Å². The number of anilines is 4. The van der Waals surface area contributed by atoms with Gasteiger partial charge in [0.15, 0.2) is 5.13 Å². The van der Waals surface area contributed by atoms with Crippen LogP contribution in [-0.4, -0.2) is 54.1 Å². The van der Waals surface area contributed by atoms with Crippen molar-refractivity contribution >= 4 is 61.5 Å². The first-order chi connectivity index (χ1) is 17.8. The summed E-state index contributed by atoms with van der Waals surface area (Å²) in [6.45, 7) is 2.04. The highest BCUT2D eigenvalue weighted by molar-refractivity contribution is 7.81. The average Bonchev–Trinajstić information content (AvgIpc) is 3.32. The molecule has 0 bridgehead atoms. The summed E-state index contributed by atoms with van der Waals surface area (Å²) in [5, 5.41) is 6.72. The zero-order valence-electron chi connectivity index (χ0n) is 20.9. The number of hydrogen-bond acceptors (Lipinski definition) is 7. The molecule has 0 radical (unpaired) electrons. The largest absolute Gasteiger partial charge is 0.489 e. The Bertz CT molecular complexity index is 1440. The first-order valence-corrected chi connectivity index (χ1v) is 13.3. The molecule has 1 atom stereocenters. The molecule has 0 aliphatic carbocycles. The van der Waals surface area contributed by atoms with Crippen molar-refractivity contribution in [3.63, 3.8) is 0 Å². The van der Waals surface area contributed by atoms with Crippen molar-refractivity contribution in [3.8, 4) is 17.0 Å². The number of nitrogens with one attached hydrogen (secondary N) is 1. The fraction of sp³-hybridized carbons (Fsp3) is 0.231. The Morgan fingerprint density at radius 3 is 2.41 bits per heavy atom. The predicted molar refractivity (Wildman–Crippen MR) is 150 cm³/mol. The van der Waals surface area contributed by atoms with Crippen LogP contribution in [0.4, 0.5) is 22.2 Å². The van der Waals surface area contributed by atoms with Crippen LogP contribution >= 0.6 is 11.3 Å². The highest BCUT2D eigenvalue weighted by atomic mass is 32.2. The van der Waals surface area contributed by atoms with E-state index in [1.165, 1.54) is 22.6 Å². The van der Waals surface area contributed by atoms with Crippen molar-refractivity contribution in [1.82, 2.24) is 4.98 Å². The van der Waals surface area contributed by atoms with Crippen molar-refractivity contribution in [1.29, 1.82) is 0 Å². The minimum Gasteiger partial charge on any atom is -0.489 e. The molecule has 194 valence electrons. The molecule has 0 saturated heterocycles. The monoisotopic (exact) mass is 540 g/mol. The minimum atomic E-state index is -2.43. The number of amides is 1.